The quantitative estimate of drug-likeness (QED) is 0.0211. The average Bonchev–Trinajstić information content (AvgIpc) is 3.44. The van der Waals surface area contributed by atoms with E-state index in [1.165, 1.54) is 167 Å². The Labute approximate surface area is 498 Å². The largest absolute Gasteiger partial charge is 0.477 e. The molecule has 2 atom stereocenters. The Balaban J connectivity index is 3.96. The predicted molar refractivity (Wildman–Crippen MR) is 345 cm³/mol. The number of likely N-dealkylation sites (N-methyl/N-ethyl adjacent to an activating group) is 1. The molecule has 0 rings (SSSR count). The highest BCUT2D eigenvalue weighted by molar-refractivity contribution is 5.72. The second kappa shape index (κ2) is 62.0. The first-order valence-corrected chi connectivity index (χ1v) is 33.1. The van der Waals surface area contributed by atoms with Crippen LogP contribution in [0.5, 0.6) is 0 Å². The Morgan fingerprint density at radius 1 is 0.383 bits per heavy atom. The van der Waals surface area contributed by atoms with Crippen LogP contribution in [0.1, 0.15) is 271 Å². The molecule has 9 nitrogen and oxygen atoms in total. The Morgan fingerprint density at radius 3 is 1.05 bits per heavy atom. The van der Waals surface area contributed by atoms with Crippen molar-refractivity contribution >= 4 is 17.9 Å². The van der Waals surface area contributed by atoms with Gasteiger partial charge in [-0.05, 0) is 77.0 Å². The van der Waals surface area contributed by atoms with Gasteiger partial charge >= 0.3 is 17.9 Å². The minimum Gasteiger partial charge on any atom is -0.477 e. The second-order valence-electron chi connectivity index (χ2n) is 23.0. The topological polar surface area (TPSA) is 108 Å². The van der Waals surface area contributed by atoms with Gasteiger partial charge in [-0.25, -0.2) is 4.79 Å². The third kappa shape index (κ3) is 63.4. The Hall–Kier alpha value is -4.05. The number of carboxylic acid groups (broad SMARTS) is 1. The van der Waals surface area contributed by atoms with E-state index in [9.17, 15) is 19.5 Å². The number of hydrogen-bond acceptors (Lipinski definition) is 7. The van der Waals surface area contributed by atoms with E-state index in [4.69, 9.17) is 18.9 Å². The van der Waals surface area contributed by atoms with Crippen LogP contribution in [-0.2, 0) is 33.3 Å². The molecule has 0 aromatic carbocycles. The summed E-state index contributed by atoms with van der Waals surface area (Å²) in [7, 11) is 5.94. The summed E-state index contributed by atoms with van der Waals surface area (Å²) in [6.07, 6.45) is 84.1. The van der Waals surface area contributed by atoms with Gasteiger partial charge in [-0.15, -0.1) is 0 Å². The van der Waals surface area contributed by atoms with E-state index >= 15 is 0 Å². The molecule has 0 fully saturated rings. The first-order valence-electron chi connectivity index (χ1n) is 33.1. The summed E-state index contributed by atoms with van der Waals surface area (Å²) in [5.41, 5.74) is 0. The lowest BCUT2D eigenvalue weighted by atomic mass is 10.0. The third-order valence-corrected chi connectivity index (χ3v) is 14.1. The second-order valence-corrected chi connectivity index (χ2v) is 23.0. The standard InChI is InChI=1S/C72H123NO8/c1-6-8-10-12-14-16-18-20-22-23-24-25-26-27-28-29-30-31-32-33-34-35-36-37-38-39-40-41-42-43-44-45-46-47-49-50-52-54-56-58-60-62-69(74)79-66-68(67-80-72(71(76)77)78-65-64-73(3,4)5)81-70(75)63-61-59-57-55-53-51-48-21-19-17-15-13-11-9-7-2/h8-11,14-17,20-22,24-25,48,53,55,59,61,68,72H,6-7,12-13,18-19,23,26-47,49-52,54,56-58,60,62-67H2,1-5H3/p+1/b10-8-,11-9-,16-14-,17-15-,22-20-,25-24-,48-21-,55-53-,61-59-. The minimum absolute atomic E-state index is 0.0257. The minimum atomic E-state index is -1.54. The molecule has 0 saturated heterocycles. The van der Waals surface area contributed by atoms with Crippen LogP contribution < -0.4 is 0 Å². The van der Waals surface area contributed by atoms with E-state index in [2.05, 4.69) is 105 Å². The summed E-state index contributed by atoms with van der Waals surface area (Å²) in [6, 6.07) is 0. The van der Waals surface area contributed by atoms with Crippen LogP contribution in [0.25, 0.3) is 0 Å². The number of carbonyl (C=O) groups is 3. The molecule has 0 spiro atoms. The monoisotopic (exact) mass is 1130 g/mol. The highest BCUT2D eigenvalue weighted by Gasteiger charge is 2.25. The molecule has 0 aromatic rings. The maximum atomic E-state index is 12.8. The number of hydrogen-bond donors (Lipinski definition) is 1. The fourth-order valence-corrected chi connectivity index (χ4v) is 9.08. The van der Waals surface area contributed by atoms with Crippen LogP contribution in [-0.4, -0.2) is 87.4 Å². The maximum Gasteiger partial charge on any atom is 0.361 e. The summed E-state index contributed by atoms with van der Waals surface area (Å²) < 4.78 is 22.7. The van der Waals surface area contributed by atoms with E-state index in [0.29, 0.717) is 17.4 Å². The van der Waals surface area contributed by atoms with Gasteiger partial charge in [0.25, 0.3) is 6.29 Å². The van der Waals surface area contributed by atoms with Crippen LogP contribution in [0.15, 0.2) is 109 Å². The fourth-order valence-electron chi connectivity index (χ4n) is 9.08. The highest BCUT2D eigenvalue weighted by Crippen LogP contribution is 2.17. The number of unbranched alkanes of at least 4 members (excludes halogenated alkanes) is 28. The zero-order valence-corrected chi connectivity index (χ0v) is 52.9. The van der Waals surface area contributed by atoms with Gasteiger partial charge in [-0.2, -0.15) is 0 Å². The van der Waals surface area contributed by atoms with Crippen molar-refractivity contribution in [1.29, 1.82) is 0 Å². The molecule has 0 bridgehead atoms. The fraction of sp³-hybridized carbons (Fsp3) is 0.708. The first kappa shape index (κ1) is 77.0. The van der Waals surface area contributed by atoms with Crippen molar-refractivity contribution in [1.82, 2.24) is 0 Å². The van der Waals surface area contributed by atoms with E-state index in [-0.39, 0.29) is 38.6 Å². The highest BCUT2D eigenvalue weighted by atomic mass is 16.7. The Kier molecular flexibility index (Phi) is 58.9. The van der Waals surface area contributed by atoms with E-state index in [1.807, 2.05) is 33.3 Å². The zero-order chi connectivity index (χ0) is 59.1. The normalized spacial score (nSPS) is 13.4. The van der Waals surface area contributed by atoms with E-state index < -0.39 is 24.3 Å². The number of ether oxygens (including phenoxy) is 4. The van der Waals surface area contributed by atoms with Gasteiger partial charge in [0.2, 0.25) is 0 Å². The van der Waals surface area contributed by atoms with Gasteiger partial charge in [0.1, 0.15) is 13.2 Å². The Bertz CT molecular complexity index is 1700. The van der Waals surface area contributed by atoms with E-state index in [0.717, 1.165) is 70.6 Å². The number of carboxylic acids is 1. The van der Waals surface area contributed by atoms with Gasteiger partial charge < -0.3 is 28.5 Å². The SMILES string of the molecule is CC/C=C\C/C=C\C/C=C\C/C=C\C/C=C\CC(=O)OC(COC(=O)CCCCCCCCCCCCCCCCCCCCCCCCCCCCCC/C=C\C/C=C\C/C=C\C/C=C\CC)COC(OCC[N+](C)(C)C)C(=O)O. The van der Waals surface area contributed by atoms with Crippen molar-refractivity contribution in [3.05, 3.63) is 109 Å². The van der Waals surface area contributed by atoms with Crippen LogP contribution in [0.4, 0.5) is 0 Å². The van der Waals surface area contributed by atoms with Crippen molar-refractivity contribution < 1.29 is 42.9 Å². The zero-order valence-electron chi connectivity index (χ0n) is 52.9. The molecule has 1 N–H and O–H groups in total. The van der Waals surface area contributed by atoms with Crippen molar-refractivity contribution in [2.45, 2.75) is 283 Å². The number of esters is 2. The van der Waals surface area contributed by atoms with Gasteiger partial charge in [-0.3, -0.25) is 9.59 Å². The number of aliphatic carboxylic acids is 1. The summed E-state index contributed by atoms with van der Waals surface area (Å²) in [5.74, 6) is -2.17. The van der Waals surface area contributed by atoms with Crippen molar-refractivity contribution in [2.75, 3.05) is 47.5 Å². The molecule has 0 aliphatic carbocycles. The smallest absolute Gasteiger partial charge is 0.361 e. The van der Waals surface area contributed by atoms with Crippen molar-refractivity contribution in [2.24, 2.45) is 0 Å². The van der Waals surface area contributed by atoms with Crippen LogP contribution in [0, 0.1) is 0 Å². The molecule has 9 heteroatoms. The summed E-state index contributed by atoms with van der Waals surface area (Å²) in [4.78, 5) is 37.3. The summed E-state index contributed by atoms with van der Waals surface area (Å²) in [6.45, 7) is 4.54. The maximum absolute atomic E-state index is 12.8. The number of rotatable bonds is 60. The lowest BCUT2D eigenvalue weighted by Gasteiger charge is -2.25. The molecule has 0 aliphatic rings. The molecule has 0 heterocycles. The number of quaternary nitrogens is 1. The van der Waals surface area contributed by atoms with Crippen LogP contribution in [0.2, 0.25) is 0 Å². The predicted octanol–water partition coefficient (Wildman–Crippen LogP) is 20.2. The van der Waals surface area contributed by atoms with Crippen molar-refractivity contribution in [3.8, 4) is 0 Å². The van der Waals surface area contributed by atoms with Gasteiger partial charge in [0.05, 0.1) is 40.8 Å². The van der Waals surface area contributed by atoms with Gasteiger partial charge in [-0.1, -0.05) is 290 Å². The van der Waals surface area contributed by atoms with Gasteiger partial charge in [0.15, 0.2) is 6.10 Å². The average molecular weight is 1130 g/mol. The van der Waals surface area contributed by atoms with E-state index in [1.54, 1.807) is 6.08 Å². The number of carbonyl (C=O) groups excluding carboxylic acids is 2. The number of allylic oxidation sites excluding steroid dienone is 17. The molecular formula is C72H124NO8+. The summed E-state index contributed by atoms with van der Waals surface area (Å²) >= 11 is 0. The molecule has 0 amide bonds. The molecule has 2 unspecified atom stereocenters. The molecule has 0 radical (unpaired) electrons. The Morgan fingerprint density at radius 2 is 0.704 bits per heavy atom. The van der Waals surface area contributed by atoms with Crippen LogP contribution in [0.3, 0.4) is 0 Å². The molecule has 0 aromatic heterocycles. The lowest BCUT2D eigenvalue weighted by molar-refractivity contribution is -0.870. The van der Waals surface area contributed by atoms with Gasteiger partial charge in [0, 0.05) is 6.42 Å². The number of nitrogens with zero attached hydrogens (tertiary/aromatic N) is 1. The molecule has 0 saturated carbocycles. The summed E-state index contributed by atoms with van der Waals surface area (Å²) in [5, 5.41) is 9.69. The van der Waals surface area contributed by atoms with Crippen LogP contribution >= 0.6 is 0 Å². The molecular weight excluding hydrogens is 1010 g/mol. The van der Waals surface area contributed by atoms with Crippen molar-refractivity contribution in [3.63, 3.8) is 0 Å². The lowest BCUT2D eigenvalue weighted by Crippen LogP contribution is -2.40. The third-order valence-electron chi connectivity index (χ3n) is 14.1. The molecule has 464 valence electrons. The molecule has 0 aliphatic heterocycles. The first-order chi connectivity index (χ1) is 39.6. The molecule has 81 heavy (non-hydrogen) atoms.